The molecular formula is C14H19Cl2NO2. The van der Waals surface area contributed by atoms with Crippen LogP contribution in [0.25, 0.3) is 0 Å². The number of carbonyl (C=O) groups is 1. The van der Waals surface area contributed by atoms with Gasteiger partial charge in [0.25, 0.3) is 0 Å². The minimum absolute atomic E-state index is 0.169. The van der Waals surface area contributed by atoms with Crippen molar-refractivity contribution in [3.63, 3.8) is 0 Å². The predicted octanol–water partition coefficient (Wildman–Crippen LogP) is 3.61. The summed E-state index contributed by atoms with van der Waals surface area (Å²) in [7, 11) is 0. The van der Waals surface area contributed by atoms with Crippen molar-refractivity contribution in [2.24, 2.45) is 17.6 Å². The van der Waals surface area contributed by atoms with E-state index in [0.29, 0.717) is 16.5 Å². The maximum Gasteiger partial charge on any atom is 0.307 e. The maximum atomic E-state index is 11.0. The number of aliphatic carboxylic acids is 1. The molecular weight excluding hydrogens is 285 g/mol. The Morgan fingerprint density at radius 3 is 2.32 bits per heavy atom. The lowest BCUT2D eigenvalue weighted by Gasteiger charge is -2.19. The Bertz CT molecular complexity index is 417. The average molecular weight is 304 g/mol. The van der Waals surface area contributed by atoms with E-state index in [1.807, 2.05) is 19.1 Å². The van der Waals surface area contributed by atoms with Crippen molar-refractivity contribution in [2.45, 2.75) is 26.2 Å². The molecule has 0 aromatic heterocycles. The first kappa shape index (κ1) is 16.3. The van der Waals surface area contributed by atoms with E-state index in [2.05, 4.69) is 0 Å². The van der Waals surface area contributed by atoms with E-state index >= 15 is 0 Å². The second-order valence-electron chi connectivity index (χ2n) is 4.76. The van der Waals surface area contributed by atoms with Crippen molar-refractivity contribution < 1.29 is 9.90 Å². The van der Waals surface area contributed by atoms with Gasteiger partial charge in [-0.1, -0.05) is 36.5 Å². The summed E-state index contributed by atoms with van der Waals surface area (Å²) in [5, 5.41) is 10.3. The van der Waals surface area contributed by atoms with Gasteiger partial charge in [0.2, 0.25) is 0 Å². The number of carboxylic acids is 1. The van der Waals surface area contributed by atoms with Crippen molar-refractivity contribution in [3.05, 3.63) is 33.8 Å². The van der Waals surface area contributed by atoms with Gasteiger partial charge in [0.1, 0.15) is 0 Å². The summed E-state index contributed by atoms with van der Waals surface area (Å²) in [4.78, 5) is 11.0. The number of carboxylic acid groups (broad SMARTS) is 1. The van der Waals surface area contributed by atoms with Crippen molar-refractivity contribution >= 4 is 29.2 Å². The SMILES string of the molecule is CCC(Cc1cc(Cl)cc(Cl)c1)CC(CN)C(=O)O. The zero-order valence-corrected chi connectivity index (χ0v) is 12.4. The number of nitrogens with two attached hydrogens (primary N) is 1. The van der Waals surface area contributed by atoms with E-state index in [4.69, 9.17) is 34.0 Å². The van der Waals surface area contributed by atoms with Gasteiger partial charge >= 0.3 is 5.97 Å². The van der Waals surface area contributed by atoms with Crippen LogP contribution >= 0.6 is 23.2 Å². The van der Waals surface area contributed by atoms with Crippen molar-refractivity contribution in [3.8, 4) is 0 Å². The van der Waals surface area contributed by atoms with Crippen LogP contribution in [0.5, 0.6) is 0 Å². The number of halogens is 2. The first-order valence-electron chi connectivity index (χ1n) is 6.34. The average Bonchev–Trinajstić information content (AvgIpc) is 2.32. The summed E-state index contributed by atoms with van der Waals surface area (Å²) in [6.07, 6.45) is 2.24. The second kappa shape index (κ2) is 7.73. The van der Waals surface area contributed by atoms with Gasteiger partial charge in [0.15, 0.2) is 0 Å². The van der Waals surface area contributed by atoms with Gasteiger partial charge in [-0.25, -0.2) is 0 Å². The lowest BCUT2D eigenvalue weighted by molar-refractivity contribution is -0.142. The molecule has 0 heterocycles. The molecule has 0 bridgehead atoms. The maximum absolute atomic E-state index is 11.0. The van der Waals surface area contributed by atoms with Crippen LogP contribution in [0.15, 0.2) is 18.2 Å². The Morgan fingerprint density at radius 2 is 1.89 bits per heavy atom. The Balaban J connectivity index is 2.73. The van der Waals surface area contributed by atoms with E-state index < -0.39 is 11.9 Å². The summed E-state index contributed by atoms with van der Waals surface area (Å²) in [6.45, 7) is 2.22. The standard InChI is InChI=1S/C14H19Cl2NO2/c1-2-9(4-11(8-17)14(18)19)3-10-5-12(15)7-13(16)6-10/h5-7,9,11H,2-4,8,17H2,1H3,(H,18,19). The smallest absolute Gasteiger partial charge is 0.307 e. The van der Waals surface area contributed by atoms with E-state index in [0.717, 1.165) is 18.4 Å². The fraction of sp³-hybridized carbons (Fsp3) is 0.500. The molecule has 2 unspecified atom stereocenters. The molecule has 3 nitrogen and oxygen atoms in total. The molecule has 3 N–H and O–H groups in total. The Morgan fingerprint density at radius 1 is 1.32 bits per heavy atom. The molecule has 5 heteroatoms. The molecule has 1 aromatic carbocycles. The van der Waals surface area contributed by atoms with E-state index in [-0.39, 0.29) is 12.5 Å². The lowest BCUT2D eigenvalue weighted by atomic mass is 9.87. The number of rotatable bonds is 7. The van der Waals surface area contributed by atoms with Crippen LogP contribution in [0.2, 0.25) is 10.0 Å². The highest BCUT2D eigenvalue weighted by atomic mass is 35.5. The van der Waals surface area contributed by atoms with Crippen molar-refractivity contribution in [1.82, 2.24) is 0 Å². The fourth-order valence-corrected chi connectivity index (χ4v) is 2.73. The molecule has 0 aliphatic carbocycles. The van der Waals surface area contributed by atoms with Crippen molar-refractivity contribution in [1.29, 1.82) is 0 Å². The summed E-state index contributed by atoms with van der Waals surface area (Å²) in [5.74, 6) is -1.05. The molecule has 19 heavy (non-hydrogen) atoms. The van der Waals surface area contributed by atoms with Gasteiger partial charge in [-0.05, 0) is 42.5 Å². The zero-order valence-electron chi connectivity index (χ0n) is 10.9. The molecule has 2 atom stereocenters. The van der Waals surface area contributed by atoms with E-state index in [1.54, 1.807) is 6.07 Å². The number of hydrogen-bond donors (Lipinski definition) is 2. The van der Waals surface area contributed by atoms with Crippen molar-refractivity contribution in [2.75, 3.05) is 6.54 Å². The summed E-state index contributed by atoms with van der Waals surface area (Å²) < 4.78 is 0. The van der Waals surface area contributed by atoms with Gasteiger partial charge in [-0.15, -0.1) is 0 Å². The van der Waals surface area contributed by atoms with Crippen LogP contribution in [0.3, 0.4) is 0 Å². The van der Waals surface area contributed by atoms with Crippen LogP contribution in [0.1, 0.15) is 25.3 Å². The largest absolute Gasteiger partial charge is 0.481 e. The van der Waals surface area contributed by atoms with E-state index in [1.165, 1.54) is 0 Å². The minimum atomic E-state index is -0.829. The van der Waals surface area contributed by atoms with Crippen LogP contribution < -0.4 is 5.73 Å². The highest BCUT2D eigenvalue weighted by Crippen LogP contribution is 2.25. The van der Waals surface area contributed by atoms with Gasteiger partial charge in [0, 0.05) is 16.6 Å². The molecule has 0 saturated heterocycles. The molecule has 0 fully saturated rings. The topological polar surface area (TPSA) is 63.3 Å². The minimum Gasteiger partial charge on any atom is -0.481 e. The molecule has 1 rings (SSSR count). The summed E-state index contributed by atoms with van der Waals surface area (Å²) >= 11 is 11.9. The highest BCUT2D eigenvalue weighted by molar-refractivity contribution is 6.34. The van der Waals surface area contributed by atoms with Crippen LogP contribution in [-0.4, -0.2) is 17.6 Å². The predicted molar refractivity (Wildman–Crippen MR) is 78.7 cm³/mol. The first-order valence-corrected chi connectivity index (χ1v) is 7.09. The molecule has 0 spiro atoms. The fourth-order valence-electron chi connectivity index (χ4n) is 2.16. The van der Waals surface area contributed by atoms with Crippen LogP contribution in [0, 0.1) is 11.8 Å². The molecule has 0 aliphatic heterocycles. The number of hydrogen-bond acceptors (Lipinski definition) is 2. The van der Waals surface area contributed by atoms with Gasteiger partial charge in [0.05, 0.1) is 5.92 Å². The Labute approximate surface area is 123 Å². The molecule has 1 aromatic rings. The molecule has 0 radical (unpaired) electrons. The van der Waals surface area contributed by atoms with Gasteiger partial charge in [-0.3, -0.25) is 4.79 Å². The Kier molecular flexibility index (Phi) is 6.63. The monoisotopic (exact) mass is 303 g/mol. The van der Waals surface area contributed by atoms with Crippen LogP contribution in [-0.2, 0) is 11.2 Å². The number of benzene rings is 1. The van der Waals surface area contributed by atoms with Gasteiger partial charge in [-0.2, -0.15) is 0 Å². The normalized spacial score (nSPS) is 14.1. The first-order chi connectivity index (χ1) is 8.96. The van der Waals surface area contributed by atoms with Gasteiger partial charge < -0.3 is 10.8 Å². The lowest BCUT2D eigenvalue weighted by Crippen LogP contribution is -2.26. The molecule has 0 amide bonds. The highest BCUT2D eigenvalue weighted by Gasteiger charge is 2.20. The summed E-state index contributed by atoms with van der Waals surface area (Å²) in [6, 6.07) is 5.43. The van der Waals surface area contributed by atoms with E-state index in [9.17, 15) is 4.79 Å². The quantitative estimate of drug-likeness (QED) is 0.809. The second-order valence-corrected chi connectivity index (χ2v) is 5.64. The zero-order chi connectivity index (χ0) is 14.4. The third-order valence-electron chi connectivity index (χ3n) is 3.28. The summed E-state index contributed by atoms with van der Waals surface area (Å²) in [5.41, 5.74) is 6.53. The van der Waals surface area contributed by atoms with Crippen LogP contribution in [0.4, 0.5) is 0 Å². The Hall–Kier alpha value is -0.770. The molecule has 0 saturated carbocycles. The molecule has 0 aliphatic rings. The third-order valence-corrected chi connectivity index (χ3v) is 3.71. The third kappa shape index (κ3) is 5.39. The molecule has 106 valence electrons.